The molecule has 1 aliphatic heterocycles. The van der Waals surface area contributed by atoms with Crippen molar-refractivity contribution in [3.8, 4) is 12.3 Å². The second kappa shape index (κ2) is 5.03. The molecule has 0 saturated carbocycles. The molecular weight excluding hydrogens is 236 g/mol. The molecule has 0 aliphatic carbocycles. The van der Waals surface area contributed by atoms with Crippen molar-refractivity contribution in [3.05, 3.63) is 34.9 Å². The summed E-state index contributed by atoms with van der Waals surface area (Å²) in [5.74, 6) is 2.40. The first-order valence-electron chi connectivity index (χ1n) is 5.28. The van der Waals surface area contributed by atoms with Crippen LogP contribution in [0.2, 0.25) is 5.02 Å². The summed E-state index contributed by atoms with van der Waals surface area (Å²) in [5.41, 5.74) is 1.85. The van der Waals surface area contributed by atoms with Crippen LogP contribution < -0.4 is 0 Å². The van der Waals surface area contributed by atoms with Crippen molar-refractivity contribution in [2.75, 3.05) is 6.54 Å². The second-order valence-corrected chi connectivity index (χ2v) is 4.15. The van der Waals surface area contributed by atoms with Crippen LogP contribution in [0.15, 0.2) is 29.4 Å². The van der Waals surface area contributed by atoms with E-state index in [-0.39, 0.29) is 12.5 Å². The van der Waals surface area contributed by atoms with Crippen LogP contribution >= 0.6 is 11.6 Å². The number of hydrogen-bond donors (Lipinski definition) is 0. The number of hydrogen-bond acceptors (Lipinski definition) is 2. The largest absolute Gasteiger partial charge is 0.273 e. The lowest BCUT2D eigenvalue weighted by Crippen LogP contribution is -2.32. The van der Waals surface area contributed by atoms with Gasteiger partial charge in [0.05, 0.1) is 5.71 Å². The lowest BCUT2D eigenvalue weighted by molar-refractivity contribution is -0.131. The van der Waals surface area contributed by atoms with Crippen molar-refractivity contribution in [2.24, 2.45) is 5.10 Å². The van der Waals surface area contributed by atoms with E-state index >= 15 is 0 Å². The van der Waals surface area contributed by atoms with E-state index in [2.05, 4.69) is 11.0 Å². The van der Waals surface area contributed by atoms with Crippen LogP contribution in [0.25, 0.3) is 0 Å². The highest BCUT2D eigenvalue weighted by atomic mass is 35.5. The number of benzene rings is 1. The summed E-state index contributed by atoms with van der Waals surface area (Å²) in [4.78, 5) is 11.5. The van der Waals surface area contributed by atoms with E-state index in [1.165, 1.54) is 5.01 Å². The predicted octanol–water partition coefficient (Wildman–Crippen LogP) is 2.30. The summed E-state index contributed by atoms with van der Waals surface area (Å²) in [5, 5.41) is 6.29. The second-order valence-electron chi connectivity index (χ2n) is 3.71. The summed E-state index contributed by atoms with van der Waals surface area (Å²) in [6, 6.07) is 7.40. The molecule has 4 heteroatoms. The molecule has 17 heavy (non-hydrogen) atoms. The number of rotatable bonds is 2. The number of halogens is 1. The molecule has 1 aliphatic rings. The molecule has 2 rings (SSSR count). The third-order valence-corrected chi connectivity index (χ3v) is 2.78. The van der Waals surface area contributed by atoms with E-state index in [1.54, 1.807) is 12.1 Å². The molecule has 0 saturated heterocycles. The predicted molar refractivity (Wildman–Crippen MR) is 67.8 cm³/mol. The average molecular weight is 247 g/mol. The Labute approximate surface area is 105 Å². The van der Waals surface area contributed by atoms with E-state index in [1.807, 2.05) is 12.1 Å². The number of carbonyl (C=O) groups is 1. The smallest absolute Gasteiger partial charge is 0.243 e. The Morgan fingerprint density at radius 3 is 2.71 bits per heavy atom. The van der Waals surface area contributed by atoms with Gasteiger partial charge in [0.15, 0.2) is 0 Å². The Morgan fingerprint density at radius 2 is 2.06 bits per heavy atom. The minimum Gasteiger partial charge on any atom is -0.273 e. The van der Waals surface area contributed by atoms with Gasteiger partial charge >= 0.3 is 0 Å². The van der Waals surface area contributed by atoms with E-state index in [9.17, 15) is 4.79 Å². The van der Waals surface area contributed by atoms with Crippen molar-refractivity contribution in [3.63, 3.8) is 0 Å². The molecule has 1 amide bonds. The van der Waals surface area contributed by atoms with E-state index in [0.29, 0.717) is 17.9 Å². The molecule has 0 radical (unpaired) electrons. The molecule has 0 fully saturated rings. The van der Waals surface area contributed by atoms with Crippen LogP contribution in [0.5, 0.6) is 0 Å². The first-order chi connectivity index (χ1) is 8.20. The van der Waals surface area contributed by atoms with Gasteiger partial charge in [-0.3, -0.25) is 4.79 Å². The Balaban J connectivity index is 2.27. The molecule has 0 N–H and O–H groups in total. The Hall–Kier alpha value is -1.79. The third-order valence-electron chi connectivity index (χ3n) is 2.52. The average Bonchev–Trinajstić information content (AvgIpc) is 2.33. The van der Waals surface area contributed by atoms with Gasteiger partial charge < -0.3 is 0 Å². The van der Waals surface area contributed by atoms with Crippen LogP contribution in [0.3, 0.4) is 0 Å². The van der Waals surface area contributed by atoms with E-state index in [4.69, 9.17) is 18.0 Å². The molecule has 1 aromatic carbocycles. The van der Waals surface area contributed by atoms with Crippen LogP contribution in [-0.2, 0) is 4.79 Å². The number of nitrogens with zero attached hydrogens (tertiary/aromatic N) is 2. The fraction of sp³-hybridized carbons (Fsp3) is 0.231. The summed E-state index contributed by atoms with van der Waals surface area (Å²) in [7, 11) is 0. The van der Waals surface area contributed by atoms with Gasteiger partial charge in [-0.15, -0.1) is 6.42 Å². The maximum absolute atomic E-state index is 11.5. The first-order valence-corrected chi connectivity index (χ1v) is 5.66. The van der Waals surface area contributed by atoms with Crippen LogP contribution in [0.4, 0.5) is 0 Å². The van der Waals surface area contributed by atoms with Gasteiger partial charge in [0.25, 0.3) is 0 Å². The van der Waals surface area contributed by atoms with E-state index < -0.39 is 0 Å². The standard InChI is InChI=1S/C13H11ClN2O/c1-2-9-16-13(17)8-7-12(15-16)10-3-5-11(14)6-4-10/h1,3-6H,7-9H2. The minimum absolute atomic E-state index is 0.0272. The van der Waals surface area contributed by atoms with Gasteiger partial charge in [-0.25, -0.2) is 5.01 Å². The number of carbonyl (C=O) groups excluding carboxylic acids is 1. The van der Waals surface area contributed by atoms with Crippen LogP contribution in [0.1, 0.15) is 18.4 Å². The van der Waals surface area contributed by atoms with Gasteiger partial charge in [-0.1, -0.05) is 29.7 Å². The Bertz CT molecular complexity index is 499. The molecule has 3 nitrogen and oxygen atoms in total. The first kappa shape index (κ1) is 11.7. The summed E-state index contributed by atoms with van der Waals surface area (Å²) in [6.45, 7) is 0.218. The number of terminal acetylenes is 1. The van der Waals surface area contributed by atoms with Gasteiger partial charge in [0.2, 0.25) is 5.91 Å². The van der Waals surface area contributed by atoms with Crippen molar-refractivity contribution < 1.29 is 4.79 Å². The van der Waals surface area contributed by atoms with Crippen molar-refractivity contribution >= 4 is 23.2 Å². The molecule has 0 atom stereocenters. The fourth-order valence-corrected chi connectivity index (χ4v) is 1.79. The monoisotopic (exact) mass is 246 g/mol. The lowest BCUT2D eigenvalue weighted by atomic mass is 10.0. The maximum atomic E-state index is 11.5. The van der Waals surface area contributed by atoms with E-state index in [0.717, 1.165) is 11.3 Å². The zero-order valence-corrected chi connectivity index (χ0v) is 9.94. The molecular formula is C13H11ClN2O. The molecule has 0 unspecified atom stereocenters. The summed E-state index contributed by atoms with van der Waals surface area (Å²) >= 11 is 5.82. The summed E-state index contributed by atoms with van der Waals surface area (Å²) < 4.78 is 0. The molecule has 0 spiro atoms. The van der Waals surface area contributed by atoms with Gasteiger partial charge in [-0.05, 0) is 17.7 Å². The Kier molecular flexibility index (Phi) is 3.46. The van der Waals surface area contributed by atoms with Crippen molar-refractivity contribution in [1.82, 2.24) is 5.01 Å². The maximum Gasteiger partial charge on any atom is 0.243 e. The SMILES string of the molecule is C#CCN1N=C(c2ccc(Cl)cc2)CCC1=O. The zero-order valence-electron chi connectivity index (χ0n) is 9.19. The van der Waals surface area contributed by atoms with Gasteiger partial charge in [0, 0.05) is 17.9 Å². The summed E-state index contributed by atoms with van der Waals surface area (Å²) in [6.07, 6.45) is 6.28. The Morgan fingerprint density at radius 1 is 1.35 bits per heavy atom. The zero-order chi connectivity index (χ0) is 12.3. The number of hydrazone groups is 1. The van der Waals surface area contributed by atoms with Crippen LogP contribution in [-0.4, -0.2) is 23.2 Å². The molecule has 0 aromatic heterocycles. The van der Waals surface area contributed by atoms with Crippen LogP contribution in [0, 0.1) is 12.3 Å². The fourth-order valence-electron chi connectivity index (χ4n) is 1.66. The quantitative estimate of drug-likeness (QED) is 0.737. The molecule has 86 valence electrons. The molecule has 1 heterocycles. The minimum atomic E-state index is -0.0272. The topological polar surface area (TPSA) is 32.7 Å². The third kappa shape index (κ3) is 2.66. The normalized spacial score (nSPS) is 15.4. The van der Waals surface area contributed by atoms with Gasteiger partial charge in [0.1, 0.15) is 6.54 Å². The highest BCUT2D eigenvalue weighted by Gasteiger charge is 2.20. The number of amides is 1. The van der Waals surface area contributed by atoms with Crippen molar-refractivity contribution in [2.45, 2.75) is 12.8 Å². The molecule has 1 aromatic rings. The van der Waals surface area contributed by atoms with Crippen molar-refractivity contribution in [1.29, 1.82) is 0 Å². The highest BCUT2D eigenvalue weighted by Crippen LogP contribution is 2.17. The lowest BCUT2D eigenvalue weighted by Gasteiger charge is -2.21. The van der Waals surface area contributed by atoms with Gasteiger partial charge in [-0.2, -0.15) is 5.10 Å². The molecule has 0 bridgehead atoms. The highest BCUT2D eigenvalue weighted by molar-refractivity contribution is 6.30.